The van der Waals surface area contributed by atoms with E-state index in [2.05, 4.69) is 5.10 Å². The number of nitro groups is 1. The fourth-order valence-electron chi connectivity index (χ4n) is 3.14. The van der Waals surface area contributed by atoms with Crippen LogP contribution in [0.4, 0.5) is 5.69 Å². The summed E-state index contributed by atoms with van der Waals surface area (Å²) < 4.78 is 6.22. The molecule has 0 radical (unpaired) electrons. The van der Waals surface area contributed by atoms with Crippen LogP contribution in [0, 0.1) is 10.1 Å². The van der Waals surface area contributed by atoms with Crippen molar-refractivity contribution in [2.24, 2.45) is 0 Å². The van der Waals surface area contributed by atoms with E-state index < -0.39 is 41.5 Å². The first-order valence-electron chi connectivity index (χ1n) is 7.23. The fraction of sp³-hybridized carbons (Fsp3) is 0.500. The Kier molecular flexibility index (Phi) is 4.24. The van der Waals surface area contributed by atoms with Gasteiger partial charge in [-0.15, -0.1) is 0 Å². The predicted molar refractivity (Wildman–Crippen MR) is 80.2 cm³/mol. The van der Waals surface area contributed by atoms with Gasteiger partial charge < -0.3 is 25.2 Å². The number of aromatic nitrogens is 2. The molecule has 130 valence electrons. The monoisotopic (exact) mass is 339 g/mol. The third kappa shape index (κ3) is 2.44. The van der Waals surface area contributed by atoms with Crippen LogP contribution in [0.3, 0.4) is 0 Å². The number of aliphatic hydroxyl groups excluding tert-OH is 4. The Labute approximate surface area is 135 Å². The second-order valence-electron chi connectivity index (χ2n) is 5.74. The maximum absolute atomic E-state index is 11.0. The average Bonchev–Trinajstić information content (AvgIpc) is 2.96. The Bertz CT molecular complexity index is 764. The number of methoxy groups -OCH3 is 1. The minimum absolute atomic E-state index is 0.173. The van der Waals surface area contributed by atoms with E-state index in [0.717, 1.165) is 0 Å². The quantitative estimate of drug-likeness (QED) is 0.409. The van der Waals surface area contributed by atoms with Crippen LogP contribution in [-0.4, -0.2) is 72.8 Å². The van der Waals surface area contributed by atoms with E-state index in [-0.39, 0.29) is 5.69 Å². The van der Waals surface area contributed by atoms with Crippen molar-refractivity contribution in [2.45, 2.75) is 36.6 Å². The normalized spacial score (nSPS) is 33.7. The molecule has 1 fully saturated rings. The SMILES string of the molecule is CO[C@H]1[C@@H](O)[C@H](n2ncc3ccc([N+](=O)[O-])cc32)[C@@H](O)[C@H](O)[C@@H]1O. The van der Waals surface area contributed by atoms with Crippen molar-refractivity contribution in [1.29, 1.82) is 0 Å². The van der Waals surface area contributed by atoms with E-state index >= 15 is 0 Å². The Morgan fingerprint density at radius 2 is 1.88 bits per heavy atom. The van der Waals surface area contributed by atoms with Gasteiger partial charge in [0.05, 0.1) is 16.6 Å². The summed E-state index contributed by atoms with van der Waals surface area (Å²) in [5.41, 5.74) is 0.138. The van der Waals surface area contributed by atoms with Crippen LogP contribution in [0.2, 0.25) is 0 Å². The molecule has 2 aromatic rings. The van der Waals surface area contributed by atoms with Crippen molar-refractivity contribution in [2.75, 3.05) is 7.11 Å². The molecular weight excluding hydrogens is 322 g/mol. The van der Waals surface area contributed by atoms with Gasteiger partial charge in [-0.25, -0.2) is 0 Å². The van der Waals surface area contributed by atoms with Gasteiger partial charge in [0.15, 0.2) is 0 Å². The number of nitro benzene ring substituents is 1. The topological polar surface area (TPSA) is 151 Å². The van der Waals surface area contributed by atoms with Crippen LogP contribution in [0.5, 0.6) is 0 Å². The Balaban J connectivity index is 2.11. The molecule has 1 saturated carbocycles. The van der Waals surface area contributed by atoms with Gasteiger partial charge in [0.2, 0.25) is 0 Å². The van der Waals surface area contributed by atoms with E-state index in [4.69, 9.17) is 4.74 Å². The second-order valence-corrected chi connectivity index (χ2v) is 5.74. The summed E-state index contributed by atoms with van der Waals surface area (Å²) in [5, 5.41) is 56.2. The zero-order valence-electron chi connectivity index (χ0n) is 12.6. The van der Waals surface area contributed by atoms with Crippen molar-refractivity contribution in [3.63, 3.8) is 0 Å². The summed E-state index contributed by atoms with van der Waals surface area (Å²) in [4.78, 5) is 10.4. The van der Waals surface area contributed by atoms with E-state index in [1.807, 2.05) is 0 Å². The van der Waals surface area contributed by atoms with Crippen LogP contribution >= 0.6 is 0 Å². The van der Waals surface area contributed by atoms with Crippen molar-refractivity contribution in [3.05, 3.63) is 34.5 Å². The molecule has 4 N–H and O–H groups in total. The Morgan fingerprint density at radius 1 is 1.17 bits per heavy atom. The van der Waals surface area contributed by atoms with Gasteiger partial charge in [0.25, 0.3) is 5.69 Å². The van der Waals surface area contributed by atoms with E-state index in [1.54, 1.807) is 0 Å². The first-order chi connectivity index (χ1) is 11.4. The first-order valence-corrected chi connectivity index (χ1v) is 7.23. The lowest BCUT2D eigenvalue weighted by Crippen LogP contribution is -2.61. The van der Waals surface area contributed by atoms with E-state index in [1.165, 1.54) is 36.2 Å². The van der Waals surface area contributed by atoms with E-state index in [0.29, 0.717) is 10.9 Å². The number of fused-ring (bicyclic) bond motifs is 1. The molecule has 1 aromatic heterocycles. The van der Waals surface area contributed by atoms with Gasteiger partial charge in [0, 0.05) is 24.6 Å². The Morgan fingerprint density at radius 3 is 2.50 bits per heavy atom. The molecule has 0 amide bonds. The molecule has 10 nitrogen and oxygen atoms in total. The molecule has 10 heteroatoms. The molecule has 0 saturated heterocycles. The largest absolute Gasteiger partial charge is 0.388 e. The molecule has 1 aliphatic carbocycles. The zero-order chi connectivity index (χ0) is 17.6. The summed E-state index contributed by atoms with van der Waals surface area (Å²) in [6, 6.07) is 2.94. The molecule has 24 heavy (non-hydrogen) atoms. The van der Waals surface area contributed by atoms with Gasteiger partial charge in [0.1, 0.15) is 36.6 Å². The minimum Gasteiger partial charge on any atom is -0.388 e. The number of benzene rings is 1. The lowest BCUT2D eigenvalue weighted by atomic mass is 9.83. The van der Waals surface area contributed by atoms with Gasteiger partial charge in [-0.1, -0.05) is 0 Å². The summed E-state index contributed by atoms with van der Waals surface area (Å²) in [6.45, 7) is 0. The fourth-order valence-corrected chi connectivity index (χ4v) is 3.14. The lowest BCUT2D eigenvalue weighted by molar-refractivity contribution is -0.384. The van der Waals surface area contributed by atoms with Crippen LogP contribution in [0.15, 0.2) is 24.4 Å². The number of nitrogens with zero attached hydrogens (tertiary/aromatic N) is 3. The molecule has 3 rings (SSSR count). The Hall–Kier alpha value is -2.11. The van der Waals surface area contributed by atoms with Crippen molar-refractivity contribution in [1.82, 2.24) is 9.78 Å². The van der Waals surface area contributed by atoms with Crippen LogP contribution in [-0.2, 0) is 4.74 Å². The van der Waals surface area contributed by atoms with Gasteiger partial charge in [-0.05, 0) is 6.07 Å². The number of ether oxygens (including phenoxy) is 1. The second kappa shape index (κ2) is 6.07. The molecule has 1 aromatic carbocycles. The van der Waals surface area contributed by atoms with Crippen LogP contribution < -0.4 is 0 Å². The summed E-state index contributed by atoms with van der Waals surface area (Å²) >= 11 is 0. The third-order valence-electron chi connectivity index (χ3n) is 4.42. The van der Waals surface area contributed by atoms with Crippen molar-refractivity contribution in [3.8, 4) is 0 Å². The standard InChI is InChI=1S/C14H17N3O7/c1-24-14-11(19)9(10(18)12(20)13(14)21)16-8-4-7(17(22)23)3-2-6(8)5-15-16/h2-5,9-14,18-21H,1H3/t9-,10-,11+,12+,13+,14+/m1/s1. The highest BCUT2D eigenvalue weighted by atomic mass is 16.6. The molecule has 0 aliphatic heterocycles. The number of non-ortho nitro benzene ring substituents is 1. The maximum Gasteiger partial charge on any atom is 0.271 e. The average molecular weight is 339 g/mol. The van der Waals surface area contributed by atoms with Gasteiger partial charge in [-0.3, -0.25) is 14.8 Å². The van der Waals surface area contributed by atoms with Crippen molar-refractivity contribution >= 4 is 16.6 Å². The molecule has 1 aliphatic rings. The molecule has 0 unspecified atom stereocenters. The highest BCUT2D eigenvalue weighted by molar-refractivity contribution is 5.81. The smallest absolute Gasteiger partial charge is 0.271 e. The number of hydrogen-bond donors (Lipinski definition) is 4. The van der Waals surface area contributed by atoms with Gasteiger partial charge in [-0.2, -0.15) is 5.10 Å². The van der Waals surface area contributed by atoms with Gasteiger partial charge >= 0.3 is 0 Å². The summed E-state index contributed by atoms with van der Waals surface area (Å²) in [6.07, 6.45) is -5.69. The highest BCUT2D eigenvalue weighted by Crippen LogP contribution is 2.34. The molecule has 6 atom stereocenters. The molecule has 1 heterocycles. The van der Waals surface area contributed by atoms with Crippen LogP contribution in [0.1, 0.15) is 6.04 Å². The number of rotatable bonds is 3. The molecule has 0 spiro atoms. The van der Waals surface area contributed by atoms with Crippen molar-refractivity contribution < 1.29 is 30.1 Å². The lowest BCUT2D eigenvalue weighted by Gasteiger charge is -2.43. The zero-order valence-corrected chi connectivity index (χ0v) is 12.6. The molecule has 0 bridgehead atoms. The summed E-state index contributed by atoms with van der Waals surface area (Å²) in [7, 11) is 1.25. The predicted octanol–water partition coefficient (Wildman–Crippen LogP) is -1.04. The van der Waals surface area contributed by atoms with E-state index in [9.17, 15) is 30.5 Å². The highest BCUT2D eigenvalue weighted by Gasteiger charge is 2.50. The minimum atomic E-state index is -1.57. The maximum atomic E-state index is 11.0. The molecular formula is C14H17N3O7. The number of aliphatic hydroxyl groups is 4. The third-order valence-corrected chi connectivity index (χ3v) is 4.42. The number of hydrogen-bond acceptors (Lipinski definition) is 8. The van der Waals surface area contributed by atoms with Crippen LogP contribution in [0.25, 0.3) is 10.9 Å². The first kappa shape index (κ1) is 16.7. The summed E-state index contributed by atoms with van der Waals surface area (Å²) in [5.74, 6) is 0.